The summed E-state index contributed by atoms with van der Waals surface area (Å²) in [6, 6.07) is 7.73. The van der Waals surface area contributed by atoms with Crippen LogP contribution in [-0.2, 0) is 10.0 Å². The van der Waals surface area contributed by atoms with E-state index in [1.54, 1.807) is 0 Å². The minimum Gasteiger partial charge on any atom is -0.350 e. The number of amides is 1. The summed E-state index contributed by atoms with van der Waals surface area (Å²) >= 11 is 0. The third kappa shape index (κ3) is 6.69. The molecule has 24 heavy (non-hydrogen) atoms. The summed E-state index contributed by atoms with van der Waals surface area (Å²) < 4.78 is 26.3. The highest BCUT2D eigenvalue weighted by atomic mass is 32.2. The molecule has 0 saturated carbocycles. The summed E-state index contributed by atoms with van der Waals surface area (Å²) in [5, 5.41) is 11.4. The lowest BCUT2D eigenvalue weighted by atomic mass is 10.1. The smallest absolute Gasteiger partial charge is 0.251 e. The third-order valence-corrected chi connectivity index (χ3v) is 5.05. The van der Waals surface area contributed by atoms with Crippen LogP contribution in [0, 0.1) is 11.3 Å². The van der Waals surface area contributed by atoms with Gasteiger partial charge in [-0.15, -0.1) is 0 Å². The molecule has 0 bridgehead atoms. The van der Waals surface area contributed by atoms with Gasteiger partial charge in [0.25, 0.3) is 5.91 Å². The molecule has 1 aromatic rings. The minimum atomic E-state index is -3.65. The minimum absolute atomic E-state index is 0.0658. The summed E-state index contributed by atoms with van der Waals surface area (Å²) in [4.78, 5) is 12.2. The molecule has 1 rings (SSSR count). The molecule has 7 heteroatoms. The summed E-state index contributed by atoms with van der Waals surface area (Å²) in [7, 11) is -3.65. The second-order valence-corrected chi connectivity index (χ2v) is 7.47. The van der Waals surface area contributed by atoms with Crippen molar-refractivity contribution in [3.8, 4) is 6.07 Å². The van der Waals surface area contributed by atoms with Gasteiger partial charge in [0.15, 0.2) is 0 Å². The maximum absolute atomic E-state index is 12.1. The topological polar surface area (TPSA) is 99.1 Å². The number of nitrogens with zero attached hydrogens (tertiary/aromatic N) is 1. The SMILES string of the molecule is CCCCCC(C)NC(=O)c1ccc(S(=O)(=O)NCCC#N)cc1. The fraction of sp³-hybridized carbons (Fsp3) is 0.529. The number of carbonyl (C=O) groups excluding carboxylic acids is 1. The molecule has 0 saturated heterocycles. The highest BCUT2D eigenvalue weighted by molar-refractivity contribution is 7.89. The first-order valence-electron chi connectivity index (χ1n) is 8.18. The molecule has 0 radical (unpaired) electrons. The van der Waals surface area contributed by atoms with Gasteiger partial charge in [0.05, 0.1) is 11.0 Å². The maximum Gasteiger partial charge on any atom is 0.251 e. The van der Waals surface area contributed by atoms with E-state index in [1.165, 1.54) is 24.3 Å². The van der Waals surface area contributed by atoms with Gasteiger partial charge in [-0.05, 0) is 37.6 Å². The van der Waals surface area contributed by atoms with E-state index in [2.05, 4.69) is 17.0 Å². The van der Waals surface area contributed by atoms with Crippen LogP contribution in [0.5, 0.6) is 0 Å². The Bertz CT molecular complexity index is 663. The van der Waals surface area contributed by atoms with Gasteiger partial charge in [0.1, 0.15) is 0 Å². The molecule has 6 nitrogen and oxygen atoms in total. The predicted octanol–water partition coefficient (Wildman–Crippen LogP) is 2.58. The fourth-order valence-corrected chi connectivity index (χ4v) is 3.22. The lowest BCUT2D eigenvalue weighted by molar-refractivity contribution is 0.0938. The molecule has 1 amide bonds. The number of carbonyl (C=O) groups is 1. The van der Waals surface area contributed by atoms with Crippen LogP contribution >= 0.6 is 0 Å². The largest absolute Gasteiger partial charge is 0.350 e. The monoisotopic (exact) mass is 351 g/mol. The molecule has 2 N–H and O–H groups in total. The predicted molar refractivity (Wildman–Crippen MR) is 92.9 cm³/mol. The Morgan fingerprint density at radius 1 is 1.25 bits per heavy atom. The molecular formula is C17H25N3O3S. The highest BCUT2D eigenvalue weighted by Crippen LogP contribution is 2.11. The fourth-order valence-electron chi connectivity index (χ4n) is 2.19. The van der Waals surface area contributed by atoms with Gasteiger partial charge >= 0.3 is 0 Å². The molecule has 132 valence electrons. The number of unbranched alkanes of at least 4 members (excludes halogenated alkanes) is 2. The molecule has 0 heterocycles. The van der Waals surface area contributed by atoms with E-state index in [0.29, 0.717) is 5.56 Å². The first-order chi connectivity index (χ1) is 11.4. The van der Waals surface area contributed by atoms with E-state index in [4.69, 9.17) is 5.26 Å². The average Bonchev–Trinajstić information content (AvgIpc) is 2.55. The van der Waals surface area contributed by atoms with Gasteiger partial charge in [0, 0.05) is 24.6 Å². The third-order valence-electron chi connectivity index (χ3n) is 3.57. The lowest BCUT2D eigenvalue weighted by Crippen LogP contribution is -2.32. The van der Waals surface area contributed by atoms with Crippen LogP contribution in [-0.4, -0.2) is 26.9 Å². The normalized spacial score (nSPS) is 12.4. The van der Waals surface area contributed by atoms with Gasteiger partial charge in [-0.25, -0.2) is 13.1 Å². The molecule has 0 aliphatic carbocycles. The number of nitriles is 1. The van der Waals surface area contributed by atoms with Crippen LogP contribution in [0.25, 0.3) is 0 Å². The second-order valence-electron chi connectivity index (χ2n) is 5.70. The van der Waals surface area contributed by atoms with Crippen LogP contribution in [0.2, 0.25) is 0 Å². The van der Waals surface area contributed by atoms with Crippen LogP contribution in [0.1, 0.15) is 56.3 Å². The molecule has 1 atom stereocenters. The highest BCUT2D eigenvalue weighted by Gasteiger charge is 2.15. The van der Waals surface area contributed by atoms with Crippen molar-refractivity contribution in [2.45, 2.75) is 56.9 Å². The molecule has 0 aliphatic heterocycles. The standard InChI is InChI=1S/C17H25N3O3S/c1-3-4-5-7-14(2)20-17(21)15-8-10-16(11-9-15)24(22,23)19-13-6-12-18/h8-11,14,19H,3-7,13H2,1-2H3,(H,20,21). The van der Waals surface area contributed by atoms with Crippen molar-refractivity contribution in [1.29, 1.82) is 5.26 Å². The zero-order chi connectivity index (χ0) is 18.0. The molecule has 0 fully saturated rings. The van der Waals surface area contributed by atoms with Crippen molar-refractivity contribution in [2.24, 2.45) is 0 Å². The zero-order valence-electron chi connectivity index (χ0n) is 14.2. The van der Waals surface area contributed by atoms with Gasteiger partial charge < -0.3 is 5.32 Å². The Balaban J connectivity index is 2.63. The van der Waals surface area contributed by atoms with Crippen molar-refractivity contribution in [2.75, 3.05) is 6.54 Å². The Kier molecular flexibility index (Phi) is 8.44. The number of nitrogens with one attached hydrogen (secondary N) is 2. The first-order valence-corrected chi connectivity index (χ1v) is 9.66. The van der Waals surface area contributed by atoms with Crippen LogP contribution in [0.4, 0.5) is 0 Å². The van der Waals surface area contributed by atoms with Crippen LogP contribution < -0.4 is 10.0 Å². The van der Waals surface area contributed by atoms with Crippen LogP contribution in [0.3, 0.4) is 0 Å². The summed E-state index contributed by atoms with van der Waals surface area (Å²) in [6.07, 6.45) is 4.39. The van der Waals surface area contributed by atoms with Gasteiger partial charge in [-0.2, -0.15) is 5.26 Å². The van der Waals surface area contributed by atoms with Gasteiger partial charge in [-0.1, -0.05) is 26.2 Å². The maximum atomic E-state index is 12.1. The van der Waals surface area contributed by atoms with E-state index in [0.717, 1.165) is 25.7 Å². The lowest BCUT2D eigenvalue weighted by Gasteiger charge is -2.14. The Morgan fingerprint density at radius 2 is 1.92 bits per heavy atom. The first kappa shape index (κ1) is 20.1. The van der Waals surface area contributed by atoms with Crippen molar-refractivity contribution in [1.82, 2.24) is 10.0 Å². The quantitative estimate of drug-likeness (QED) is 0.633. The summed E-state index contributed by atoms with van der Waals surface area (Å²) in [6.45, 7) is 4.16. The Morgan fingerprint density at radius 3 is 2.50 bits per heavy atom. The summed E-state index contributed by atoms with van der Waals surface area (Å²) in [5.74, 6) is -0.208. The number of hydrogen-bond donors (Lipinski definition) is 2. The van der Waals surface area contributed by atoms with Crippen molar-refractivity contribution in [3.63, 3.8) is 0 Å². The zero-order valence-corrected chi connectivity index (χ0v) is 15.0. The molecule has 0 aliphatic rings. The molecule has 1 aromatic carbocycles. The van der Waals surface area contributed by atoms with Crippen molar-refractivity contribution in [3.05, 3.63) is 29.8 Å². The van der Waals surface area contributed by atoms with Gasteiger partial charge in [-0.3, -0.25) is 4.79 Å². The second kappa shape index (κ2) is 10.1. The number of rotatable bonds is 10. The molecule has 0 spiro atoms. The number of benzene rings is 1. The van der Waals surface area contributed by atoms with Gasteiger partial charge in [0.2, 0.25) is 10.0 Å². The van der Waals surface area contributed by atoms with E-state index in [1.807, 2.05) is 13.0 Å². The molecule has 0 aromatic heterocycles. The van der Waals surface area contributed by atoms with Crippen LogP contribution in [0.15, 0.2) is 29.2 Å². The summed E-state index contributed by atoms with van der Waals surface area (Å²) in [5.41, 5.74) is 0.424. The molecular weight excluding hydrogens is 326 g/mol. The van der Waals surface area contributed by atoms with Crippen molar-refractivity contribution < 1.29 is 13.2 Å². The number of hydrogen-bond acceptors (Lipinski definition) is 4. The van der Waals surface area contributed by atoms with E-state index < -0.39 is 10.0 Å². The molecule has 1 unspecified atom stereocenters. The Hall–Kier alpha value is -1.91. The van der Waals surface area contributed by atoms with Crippen molar-refractivity contribution >= 4 is 15.9 Å². The number of sulfonamides is 1. The van der Waals surface area contributed by atoms with E-state index in [-0.39, 0.29) is 29.8 Å². The average molecular weight is 351 g/mol. The Labute approximate surface area is 144 Å². The van der Waals surface area contributed by atoms with E-state index in [9.17, 15) is 13.2 Å². The van der Waals surface area contributed by atoms with E-state index >= 15 is 0 Å².